The van der Waals surface area contributed by atoms with Crippen molar-refractivity contribution in [2.24, 2.45) is 34.5 Å². The van der Waals surface area contributed by atoms with Crippen molar-refractivity contribution < 1.29 is 14.7 Å². The molecule has 0 heterocycles. The van der Waals surface area contributed by atoms with Gasteiger partial charge in [-0.3, -0.25) is 9.59 Å². The molecular weight excluding hydrogens is 288 g/mol. The Kier molecular flexibility index (Phi) is 3.39. The van der Waals surface area contributed by atoms with Crippen LogP contribution in [-0.2, 0) is 9.59 Å². The Hall–Kier alpha value is -0.960. The van der Waals surface area contributed by atoms with Crippen LogP contribution < -0.4 is 0 Å². The van der Waals surface area contributed by atoms with Gasteiger partial charge in [0.15, 0.2) is 5.78 Å². The van der Waals surface area contributed by atoms with E-state index < -0.39 is 5.41 Å². The van der Waals surface area contributed by atoms with E-state index in [-0.39, 0.29) is 12.0 Å². The molecule has 4 rings (SSSR count). The predicted octanol–water partition coefficient (Wildman–Crippen LogP) is 3.31. The van der Waals surface area contributed by atoms with Crippen molar-refractivity contribution in [2.45, 2.75) is 58.8 Å². The molecule has 0 amide bonds. The van der Waals surface area contributed by atoms with Gasteiger partial charge in [-0.1, -0.05) is 12.5 Å². The molecule has 0 aromatic heterocycles. The summed E-state index contributed by atoms with van der Waals surface area (Å²) in [6.07, 6.45) is 8.30. The number of hydrogen-bond donors (Lipinski definition) is 1. The molecule has 0 unspecified atom stereocenters. The van der Waals surface area contributed by atoms with Crippen LogP contribution in [-0.4, -0.2) is 23.3 Å². The van der Waals surface area contributed by atoms with Gasteiger partial charge >= 0.3 is 0 Å². The predicted molar refractivity (Wildman–Crippen MR) is 87.7 cm³/mol. The summed E-state index contributed by atoms with van der Waals surface area (Å²) in [6.45, 7) is 4.54. The molecule has 4 aliphatic rings. The number of fused-ring (bicyclic) bond motifs is 5. The fraction of sp³-hybridized carbons (Fsp3) is 0.800. The van der Waals surface area contributed by atoms with Gasteiger partial charge in [-0.2, -0.15) is 0 Å². The summed E-state index contributed by atoms with van der Waals surface area (Å²) in [7, 11) is 0. The van der Waals surface area contributed by atoms with Gasteiger partial charge in [0.2, 0.25) is 0 Å². The molecule has 0 aliphatic heterocycles. The van der Waals surface area contributed by atoms with Gasteiger partial charge in [0.05, 0.1) is 12.0 Å². The number of aliphatic hydroxyl groups is 1. The molecule has 126 valence electrons. The van der Waals surface area contributed by atoms with E-state index in [4.69, 9.17) is 0 Å². The van der Waals surface area contributed by atoms with Gasteiger partial charge in [-0.25, -0.2) is 0 Å². The van der Waals surface area contributed by atoms with Crippen LogP contribution in [0.2, 0.25) is 0 Å². The number of aliphatic hydroxyl groups excluding tert-OH is 1. The maximum Gasteiger partial charge on any atom is 0.155 e. The lowest BCUT2D eigenvalue weighted by atomic mass is 9.45. The van der Waals surface area contributed by atoms with Crippen LogP contribution >= 0.6 is 0 Å². The summed E-state index contributed by atoms with van der Waals surface area (Å²) < 4.78 is 0. The van der Waals surface area contributed by atoms with E-state index in [1.165, 1.54) is 5.57 Å². The van der Waals surface area contributed by atoms with Crippen molar-refractivity contribution in [3.8, 4) is 0 Å². The summed E-state index contributed by atoms with van der Waals surface area (Å²) in [4.78, 5) is 24.5. The Morgan fingerprint density at radius 3 is 2.70 bits per heavy atom. The first-order chi connectivity index (χ1) is 10.9. The molecule has 0 bridgehead atoms. The van der Waals surface area contributed by atoms with Gasteiger partial charge in [0.25, 0.3) is 0 Å². The first-order valence-electron chi connectivity index (χ1n) is 9.29. The van der Waals surface area contributed by atoms with Gasteiger partial charge in [0.1, 0.15) is 5.78 Å². The third kappa shape index (κ3) is 1.86. The fourth-order valence-corrected chi connectivity index (χ4v) is 6.93. The Balaban J connectivity index is 1.73. The van der Waals surface area contributed by atoms with Crippen molar-refractivity contribution in [1.82, 2.24) is 0 Å². The number of carbonyl (C=O) groups is 2. The van der Waals surface area contributed by atoms with E-state index in [1.807, 2.05) is 6.08 Å². The standard InChI is InChI=1S/C20H28O3/c1-12-9-14(22)10-13-3-4-15-16(19(12,13)2)7-8-20(11-21)17(15)5-6-18(20)23/h9,13,15-17,21H,3-8,10-11H2,1-2H3/t13-,15+,16-,17-,19-,20+/m0/s1. The molecule has 3 nitrogen and oxygen atoms in total. The van der Waals surface area contributed by atoms with Crippen molar-refractivity contribution in [3.63, 3.8) is 0 Å². The third-order valence-corrected chi connectivity index (χ3v) is 8.31. The molecule has 0 spiro atoms. The smallest absolute Gasteiger partial charge is 0.155 e. The quantitative estimate of drug-likeness (QED) is 0.807. The minimum Gasteiger partial charge on any atom is -0.395 e. The van der Waals surface area contributed by atoms with Gasteiger partial charge in [-0.05, 0) is 74.2 Å². The number of ketones is 2. The first-order valence-corrected chi connectivity index (χ1v) is 9.29. The maximum absolute atomic E-state index is 12.5. The van der Waals surface area contributed by atoms with E-state index in [9.17, 15) is 14.7 Å². The molecule has 6 atom stereocenters. The molecule has 3 saturated carbocycles. The molecule has 1 N–H and O–H groups in total. The second-order valence-electron chi connectivity index (χ2n) is 8.75. The largest absolute Gasteiger partial charge is 0.395 e. The molecule has 3 fully saturated rings. The average Bonchev–Trinajstić information content (AvgIpc) is 2.86. The van der Waals surface area contributed by atoms with Crippen LogP contribution in [0.15, 0.2) is 11.6 Å². The summed E-state index contributed by atoms with van der Waals surface area (Å²) in [5.74, 6) is 2.55. The number of rotatable bonds is 1. The van der Waals surface area contributed by atoms with Crippen molar-refractivity contribution in [3.05, 3.63) is 11.6 Å². The zero-order valence-corrected chi connectivity index (χ0v) is 14.3. The highest BCUT2D eigenvalue weighted by Gasteiger charge is 2.61. The van der Waals surface area contributed by atoms with Crippen molar-refractivity contribution in [1.29, 1.82) is 0 Å². The maximum atomic E-state index is 12.5. The summed E-state index contributed by atoms with van der Waals surface area (Å²) in [5, 5.41) is 10.0. The zero-order valence-electron chi connectivity index (χ0n) is 14.3. The third-order valence-electron chi connectivity index (χ3n) is 8.31. The lowest BCUT2D eigenvalue weighted by Crippen LogP contribution is -2.55. The molecule has 23 heavy (non-hydrogen) atoms. The summed E-state index contributed by atoms with van der Waals surface area (Å²) in [5.41, 5.74) is 0.936. The SMILES string of the molecule is CC1=CC(=O)C[C@@H]2CC[C@H]3[C@@H]4CCC(=O)[C@@]4(CO)CC[C@@H]3[C@@]12C. The molecule has 0 radical (unpaired) electrons. The van der Waals surface area contributed by atoms with Gasteiger partial charge in [0, 0.05) is 12.8 Å². The first kappa shape index (κ1) is 15.6. The van der Waals surface area contributed by atoms with Crippen LogP contribution in [0.4, 0.5) is 0 Å². The van der Waals surface area contributed by atoms with Gasteiger partial charge in [-0.15, -0.1) is 0 Å². The average molecular weight is 316 g/mol. The zero-order chi connectivity index (χ0) is 16.4. The van der Waals surface area contributed by atoms with E-state index in [0.29, 0.717) is 48.1 Å². The Bertz CT molecular complexity index is 592. The minimum atomic E-state index is -0.438. The van der Waals surface area contributed by atoms with Crippen molar-refractivity contribution in [2.75, 3.05) is 6.61 Å². The Morgan fingerprint density at radius 2 is 1.96 bits per heavy atom. The van der Waals surface area contributed by atoms with E-state index >= 15 is 0 Å². The number of allylic oxidation sites excluding steroid dienone is 2. The number of hydrogen-bond acceptors (Lipinski definition) is 3. The Labute approximate surface area is 138 Å². The fourth-order valence-electron chi connectivity index (χ4n) is 6.93. The van der Waals surface area contributed by atoms with E-state index in [1.54, 1.807) is 0 Å². The molecule has 0 aromatic rings. The highest BCUT2D eigenvalue weighted by atomic mass is 16.3. The van der Waals surface area contributed by atoms with Crippen molar-refractivity contribution >= 4 is 11.6 Å². The summed E-state index contributed by atoms with van der Waals surface area (Å²) >= 11 is 0. The number of carbonyl (C=O) groups excluding carboxylic acids is 2. The van der Waals surface area contributed by atoms with Crippen LogP contribution in [0.3, 0.4) is 0 Å². The van der Waals surface area contributed by atoms with Crippen LogP contribution in [0.25, 0.3) is 0 Å². The lowest BCUT2D eigenvalue weighted by Gasteiger charge is -2.59. The summed E-state index contributed by atoms with van der Waals surface area (Å²) in [6, 6.07) is 0. The minimum absolute atomic E-state index is 0.0349. The van der Waals surface area contributed by atoms with Crippen LogP contribution in [0.5, 0.6) is 0 Å². The molecule has 0 aromatic carbocycles. The second kappa shape index (κ2) is 5.02. The van der Waals surface area contributed by atoms with Gasteiger partial charge < -0.3 is 5.11 Å². The monoisotopic (exact) mass is 316 g/mol. The van der Waals surface area contributed by atoms with Crippen LogP contribution in [0, 0.1) is 34.5 Å². The van der Waals surface area contributed by atoms with E-state index in [2.05, 4.69) is 13.8 Å². The molecule has 4 aliphatic carbocycles. The molecular formula is C20H28O3. The molecule has 3 heteroatoms. The lowest BCUT2D eigenvalue weighted by molar-refractivity contribution is -0.142. The highest BCUT2D eigenvalue weighted by Crippen LogP contribution is 2.65. The van der Waals surface area contributed by atoms with Crippen LogP contribution in [0.1, 0.15) is 58.8 Å². The molecule has 0 saturated heterocycles. The number of Topliss-reactive ketones (excluding diaryl/α,β-unsaturated/α-hetero) is 1. The van der Waals surface area contributed by atoms with E-state index in [0.717, 1.165) is 32.1 Å². The second-order valence-corrected chi connectivity index (χ2v) is 8.75. The Morgan fingerprint density at radius 1 is 1.17 bits per heavy atom. The topological polar surface area (TPSA) is 54.4 Å². The normalized spacial score (nSPS) is 49.3. The highest BCUT2D eigenvalue weighted by molar-refractivity contribution is 5.92.